The normalized spacial score (nSPS) is 10.4. The summed E-state index contributed by atoms with van der Waals surface area (Å²) in [5, 5.41) is 8.45. The minimum absolute atomic E-state index is 0.483. The van der Waals surface area contributed by atoms with Gasteiger partial charge in [-0.2, -0.15) is 0 Å². The van der Waals surface area contributed by atoms with Gasteiger partial charge in [0.1, 0.15) is 5.75 Å². The highest BCUT2D eigenvalue weighted by molar-refractivity contribution is 7.98. The molecule has 0 aliphatic heterocycles. The number of nitrogens with zero attached hydrogens (tertiary/aromatic N) is 2. The molecule has 3 rings (SSSR count). The zero-order valence-electron chi connectivity index (χ0n) is 13.5. The summed E-state index contributed by atoms with van der Waals surface area (Å²) in [4.78, 5) is 1.20. The molecule has 0 saturated carbocycles. The van der Waals surface area contributed by atoms with Crippen LogP contribution in [-0.4, -0.2) is 16.5 Å². The van der Waals surface area contributed by atoms with Crippen LogP contribution in [0, 0.1) is 0 Å². The first-order chi connectivity index (χ1) is 11.8. The van der Waals surface area contributed by atoms with Crippen LogP contribution in [0.1, 0.15) is 5.56 Å². The average molecular weight is 334 g/mol. The van der Waals surface area contributed by atoms with Crippen LogP contribution in [0.15, 0.2) is 78.2 Å². The van der Waals surface area contributed by atoms with Crippen molar-refractivity contribution in [2.75, 3.05) is 6.26 Å². The van der Waals surface area contributed by atoms with Gasteiger partial charge in [-0.25, -0.2) is 0 Å². The molecule has 4 heteroatoms. The fraction of sp³-hybridized carbons (Fsp3) is 0.100. The summed E-state index contributed by atoms with van der Waals surface area (Å²) in [7, 11) is 0. The lowest BCUT2D eigenvalue weighted by atomic mass is 10.1. The molecule has 0 aliphatic carbocycles. The summed E-state index contributed by atoms with van der Waals surface area (Å²) in [6.07, 6.45) is 4.68. The minimum atomic E-state index is 0.483. The molecule has 0 saturated heterocycles. The number of thioether (sulfide) groups is 1. The van der Waals surface area contributed by atoms with Gasteiger partial charge in [-0.1, -0.05) is 36.4 Å². The molecule has 0 fully saturated rings. The van der Waals surface area contributed by atoms with Crippen molar-refractivity contribution in [1.29, 1.82) is 0 Å². The van der Waals surface area contributed by atoms with E-state index in [0.29, 0.717) is 5.88 Å². The molecule has 3 nitrogen and oxygen atoms in total. The lowest BCUT2D eigenvalue weighted by Gasteiger charge is -2.10. The third-order valence-corrected chi connectivity index (χ3v) is 4.28. The summed E-state index contributed by atoms with van der Waals surface area (Å²) in [6.45, 7) is 3.81. The van der Waals surface area contributed by atoms with Gasteiger partial charge in [0.15, 0.2) is 0 Å². The Morgan fingerprint density at radius 2 is 1.88 bits per heavy atom. The highest BCUT2D eigenvalue weighted by Crippen LogP contribution is 2.29. The largest absolute Gasteiger partial charge is 0.437 e. The molecule has 1 heterocycles. The van der Waals surface area contributed by atoms with E-state index in [1.165, 1.54) is 4.90 Å². The van der Waals surface area contributed by atoms with Gasteiger partial charge < -0.3 is 4.74 Å². The summed E-state index contributed by atoms with van der Waals surface area (Å²) < 4.78 is 5.92. The zero-order chi connectivity index (χ0) is 16.8. The molecule has 1 aromatic heterocycles. The second-order valence-electron chi connectivity index (χ2n) is 5.19. The van der Waals surface area contributed by atoms with E-state index in [-0.39, 0.29) is 0 Å². The van der Waals surface area contributed by atoms with Gasteiger partial charge in [0, 0.05) is 16.5 Å². The van der Waals surface area contributed by atoms with Crippen LogP contribution in [0.5, 0.6) is 11.6 Å². The fourth-order valence-corrected chi connectivity index (χ4v) is 2.81. The van der Waals surface area contributed by atoms with Crippen molar-refractivity contribution in [3.63, 3.8) is 0 Å². The Morgan fingerprint density at radius 1 is 1.04 bits per heavy atom. The average Bonchev–Trinajstić information content (AvgIpc) is 2.65. The molecular weight excluding hydrogens is 316 g/mol. The Kier molecular flexibility index (Phi) is 5.29. The lowest BCUT2D eigenvalue weighted by molar-refractivity contribution is 0.451. The molecule has 0 atom stereocenters. The fourth-order valence-electron chi connectivity index (χ4n) is 2.35. The van der Waals surface area contributed by atoms with Crippen LogP contribution in [0.4, 0.5) is 0 Å². The van der Waals surface area contributed by atoms with Crippen LogP contribution in [-0.2, 0) is 6.42 Å². The number of aromatic nitrogens is 2. The van der Waals surface area contributed by atoms with Gasteiger partial charge in [-0.15, -0.1) is 28.5 Å². The zero-order valence-corrected chi connectivity index (χ0v) is 14.3. The standard InChI is InChI=1S/C20H18N2OS/c1-3-7-16-14-17(24-2)10-12-19(16)23-20-13-11-18(21-22-20)15-8-5-4-6-9-15/h3-6,8-14H,1,7H2,2H3. The van der Waals surface area contributed by atoms with Crippen molar-refractivity contribution in [1.82, 2.24) is 10.2 Å². The number of rotatable bonds is 6. The van der Waals surface area contributed by atoms with Crippen molar-refractivity contribution in [3.05, 3.63) is 78.9 Å². The molecule has 0 amide bonds. The predicted octanol–water partition coefficient (Wildman–Crippen LogP) is 5.39. The van der Waals surface area contributed by atoms with Crippen molar-refractivity contribution in [3.8, 4) is 22.9 Å². The second-order valence-corrected chi connectivity index (χ2v) is 6.07. The minimum Gasteiger partial charge on any atom is -0.437 e. The van der Waals surface area contributed by atoms with Crippen LogP contribution < -0.4 is 4.74 Å². The molecule has 0 aliphatic rings. The van der Waals surface area contributed by atoms with E-state index in [9.17, 15) is 0 Å². The van der Waals surface area contributed by atoms with Gasteiger partial charge in [0.2, 0.25) is 5.88 Å². The van der Waals surface area contributed by atoms with Gasteiger partial charge in [-0.05, 0) is 42.5 Å². The van der Waals surface area contributed by atoms with Crippen LogP contribution in [0.2, 0.25) is 0 Å². The van der Waals surface area contributed by atoms with Crippen LogP contribution in [0.3, 0.4) is 0 Å². The maximum atomic E-state index is 5.92. The third kappa shape index (κ3) is 3.84. The quantitative estimate of drug-likeness (QED) is 0.447. The first kappa shape index (κ1) is 16.3. The molecule has 0 radical (unpaired) electrons. The van der Waals surface area contributed by atoms with Crippen LogP contribution in [0.25, 0.3) is 11.3 Å². The van der Waals surface area contributed by atoms with E-state index in [2.05, 4.69) is 29.1 Å². The number of ether oxygens (including phenoxy) is 1. The maximum Gasteiger partial charge on any atom is 0.238 e. The van der Waals surface area contributed by atoms with E-state index in [1.54, 1.807) is 11.8 Å². The molecular formula is C20H18N2OS. The lowest BCUT2D eigenvalue weighted by Crippen LogP contribution is -1.95. The predicted molar refractivity (Wildman–Crippen MR) is 99.7 cm³/mol. The molecule has 0 N–H and O–H groups in total. The van der Waals surface area contributed by atoms with Crippen molar-refractivity contribution in [2.24, 2.45) is 0 Å². The smallest absolute Gasteiger partial charge is 0.238 e. The molecule has 3 aromatic rings. The number of benzene rings is 2. The summed E-state index contributed by atoms with van der Waals surface area (Å²) in [6, 6.07) is 19.8. The molecule has 2 aromatic carbocycles. The van der Waals surface area contributed by atoms with Crippen molar-refractivity contribution in [2.45, 2.75) is 11.3 Å². The molecule has 120 valence electrons. The molecule has 0 bridgehead atoms. The molecule has 0 unspecified atom stereocenters. The van der Waals surface area contributed by atoms with E-state index < -0.39 is 0 Å². The monoisotopic (exact) mass is 334 g/mol. The first-order valence-corrected chi connectivity index (χ1v) is 8.87. The molecule has 0 spiro atoms. The summed E-state index contributed by atoms with van der Waals surface area (Å²) in [5.74, 6) is 1.27. The van der Waals surface area contributed by atoms with Gasteiger partial charge in [-0.3, -0.25) is 0 Å². The van der Waals surface area contributed by atoms with E-state index in [0.717, 1.165) is 29.0 Å². The number of hydrogen-bond acceptors (Lipinski definition) is 4. The summed E-state index contributed by atoms with van der Waals surface area (Å²) in [5.41, 5.74) is 2.95. The van der Waals surface area contributed by atoms with Gasteiger partial charge >= 0.3 is 0 Å². The molecule has 24 heavy (non-hydrogen) atoms. The Bertz CT molecular complexity index is 817. The second kappa shape index (κ2) is 7.79. The van der Waals surface area contributed by atoms with Gasteiger partial charge in [0.25, 0.3) is 0 Å². The van der Waals surface area contributed by atoms with Crippen LogP contribution >= 0.6 is 11.8 Å². The SMILES string of the molecule is C=CCc1cc(SC)ccc1Oc1ccc(-c2ccccc2)nn1. The van der Waals surface area contributed by atoms with E-state index in [4.69, 9.17) is 4.74 Å². The third-order valence-electron chi connectivity index (χ3n) is 3.56. The first-order valence-electron chi connectivity index (χ1n) is 7.65. The van der Waals surface area contributed by atoms with E-state index >= 15 is 0 Å². The van der Waals surface area contributed by atoms with E-state index in [1.807, 2.05) is 60.7 Å². The Morgan fingerprint density at radius 3 is 2.54 bits per heavy atom. The highest BCUT2D eigenvalue weighted by Gasteiger charge is 2.07. The Labute approximate surface area is 146 Å². The number of allylic oxidation sites excluding steroid dienone is 1. The Balaban J connectivity index is 1.82. The Hall–Kier alpha value is -2.59. The number of hydrogen-bond donors (Lipinski definition) is 0. The maximum absolute atomic E-state index is 5.92. The topological polar surface area (TPSA) is 35.0 Å². The van der Waals surface area contributed by atoms with Crippen molar-refractivity contribution < 1.29 is 4.74 Å². The summed E-state index contributed by atoms with van der Waals surface area (Å²) >= 11 is 1.71. The van der Waals surface area contributed by atoms with Gasteiger partial charge in [0.05, 0.1) is 5.69 Å². The highest BCUT2D eigenvalue weighted by atomic mass is 32.2. The van der Waals surface area contributed by atoms with Crippen molar-refractivity contribution >= 4 is 11.8 Å².